The van der Waals surface area contributed by atoms with E-state index >= 15 is 0 Å². The number of hydrogen-bond acceptors (Lipinski definition) is 5. The molecule has 0 spiro atoms. The highest BCUT2D eigenvalue weighted by Crippen LogP contribution is 2.26. The van der Waals surface area contributed by atoms with Crippen molar-refractivity contribution in [2.45, 2.75) is 44.4 Å². The molecule has 1 aromatic carbocycles. The summed E-state index contributed by atoms with van der Waals surface area (Å²) in [4.78, 5) is 46.8. The number of carboxylic acid groups (broad SMARTS) is 1. The van der Waals surface area contributed by atoms with Crippen LogP contribution in [0.25, 0.3) is 0 Å². The smallest absolute Gasteiger partial charge is 0.407 e. The monoisotopic (exact) mass is 394 g/mol. The van der Waals surface area contributed by atoms with Gasteiger partial charge in [0, 0.05) is 6.04 Å². The summed E-state index contributed by atoms with van der Waals surface area (Å²) in [7, 11) is 0. The summed E-state index contributed by atoms with van der Waals surface area (Å²) < 4.78 is 17.8. The summed E-state index contributed by atoms with van der Waals surface area (Å²) in [5.41, 5.74) is 0.819. The summed E-state index contributed by atoms with van der Waals surface area (Å²) >= 11 is 0. The second kappa shape index (κ2) is 10.4. The third kappa shape index (κ3) is 6.33. The molecule has 9 heteroatoms. The number of rotatable bonds is 9. The number of alkyl halides is 1. The lowest BCUT2D eigenvalue weighted by atomic mass is 10.0. The number of carboxylic acids is 1. The Hall–Kier alpha value is -2.97. The number of benzene rings is 1. The maximum Gasteiger partial charge on any atom is 0.407 e. The van der Waals surface area contributed by atoms with Gasteiger partial charge in [0.15, 0.2) is 5.78 Å². The topological polar surface area (TPSA) is 122 Å². The van der Waals surface area contributed by atoms with Crippen molar-refractivity contribution in [2.24, 2.45) is 5.92 Å². The number of Topliss-reactive ketones (excluding diaryl/α,β-unsaturated/α-hetero) is 1. The Morgan fingerprint density at radius 2 is 1.89 bits per heavy atom. The number of nitrogens with one attached hydrogen (secondary N) is 2. The molecule has 1 fully saturated rings. The molecule has 152 valence electrons. The molecule has 0 heterocycles. The van der Waals surface area contributed by atoms with E-state index in [2.05, 4.69) is 10.6 Å². The van der Waals surface area contributed by atoms with E-state index in [0.29, 0.717) is 19.3 Å². The van der Waals surface area contributed by atoms with E-state index < -0.39 is 54.8 Å². The first-order chi connectivity index (χ1) is 13.4. The highest BCUT2D eigenvalue weighted by Gasteiger charge is 2.36. The fourth-order valence-electron chi connectivity index (χ4n) is 3.15. The van der Waals surface area contributed by atoms with Gasteiger partial charge in [0.1, 0.15) is 19.3 Å². The quantitative estimate of drug-likeness (QED) is 0.585. The number of carbonyl (C=O) groups excluding carboxylic acids is 3. The van der Waals surface area contributed by atoms with Crippen LogP contribution in [0.5, 0.6) is 0 Å². The molecule has 0 saturated heterocycles. The van der Waals surface area contributed by atoms with Crippen molar-refractivity contribution < 1.29 is 33.4 Å². The molecule has 1 unspecified atom stereocenters. The average molecular weight is 394 g/mol. The second-order valence-corrected chi connectivity index (χ2v) is 6.61. The summed E-state index contributed by atoms with van der Waals surface area (Å²) in [5.74, 6) is -3.55. The third-order valence-electron chi connectivity index (χ3n) is 4.58. The molecular formula is C19H23FN2O6. The molecule has 28 heavy (non-hydrogen) atoms. The van der Waals surface area contributed by atoms with E-state index in [1.54, 1.807) is 0 Å². The van der Waals surface area contributed by atoms with E-state index in [1.165, 1.54) is 0 Å². The van der Waals surface area contributed by atoms with Crippen LogP contribution >= 0.6 is 0 Å². The molecule has 8 nitrogen and oxygen atoms in total. The Morgan fingerprint density at radius 1 is 1.18 bits per heavy atom. The van der Waals surface area contributed by atoms with Gasteiger partial charge in [-0.2, -0.15) is 0 Å². The SMILES string of the molecule is O=C(O)CC(NC(=O)[C@H]1CCC[C@H]1NC(=O)OCc1ccccc1)C(=O)CF. The van der Waals surface area contributed by atoms with Gasteiger partial charge in [0.25, 0.3) is 0 Å². The van der Waals surface area contributed by atoms with Crippen molar-refractivity contribution in [3.05, 3.63) is 35.9 Å². The predicted octanol–water partition coefficient (Wildman–Crippen LogP) is 1.58. The lowest BCUT2D eigenvalue weighted by molar-refractivity contribution is -0.140. The van der Waals surface area contributed by atoms with Crippen LogP contribution in [0.4, 0.5) is 9.18 Å². The summed E-state index contributed by atoms with van der Waals surface area (Å²) in [6, 6.07) is 7.17. The minimum absolute atomic E-state index is 0.0853. The zero-order valence-corrected chi connectivity index (χ0v) is 15.2. The molecule has 3 N–H and O–H groups in total. The van der Waals surface area contributed by atoms with Gasteiger partial charge < -0.3 is 20.5 Å². The van der Waals surface area contributed by atoms with Crippen molar-refractivity contribution >= 4 is 23.8 Å². The molecule has 0 radical (unpaired) electrons. The number of hydrogen-bond donors (Lipinski definition) is 3. The minimum atomic E-state index is -1.43. The molecule has 1 saturated carbocycles. The zero-order valence-electron chi connectivity index (χ0n) is 15.2. The van der Waals surface area contributed by atoms with Gasteiger partial charge in [-0.1, -0.05) is 36.8 Å². The first-order valence-electron chi connectivity index (χ1n) is 8.98. The molecular weight excluding hydrogens is 371 g/mol. The molecule has 0 bridgehead atoms. The van der Waals surface area contributed by atoms with Gasteiger partial charge in [-0.3, -0.25) is 14.4 Å². The summed E-state index contributed by atoms with van der Waals surface area (Å²) in [6.45, 7) is -1.28. The minimum Gasteiger partial charge on any atom is -0.481 e. The van der Waals surface area contributed by atoms with Crippen LogP contribution in [0.3, 0.4) is 0 Å². The van der Waals surface area contributed by atoms with Gasteiger partial charge >= 0.3 is 12.1 Å². The highest BCUT2D eigenvalue weighted by atomic mass is 19.1. The lowest BCUT2D eigenvalue weighted by Crippen LogP contribution is -2.49. The molecule has 0 aliphatic heterocycles. The summed E-state index contributed by atoms with van der Waals surface area (Å²) in [5, 5.41) is 13.8. The Labute approximate surface area is 161 Å². The van der Waals surface area contributed by atoms with Crippen molar-refractivity contribution in [1.82, 2.24) is 10.6 Å². The van der Waals surface area contributed by atoms with E-state index in [1.807, 2.05) is 30.3 Å². The Bertz CT molecular complexity index is 712. The maximum absolute atomic E-state index is 12.6. The van der Waals surface area contributed by atoms with Crippen LogP contribution in [-0.2, 0) is 25.7 Å². The normalized spacial score (nSPS) is 19.5. The number of alkyl carbamates (subject to hydrolysis) is 1. The van der Waals surface area contributed by atoms with Crippen molar-refractivity contribution in [3.63, 3.8) is 0 Å². The molecule has 1 aromatic rings. The third-order valence-corrected chi connectivity index (χ3v) is 4.58. The van der Waals surface area contributed by atoms with E-state index in [4.69, 9.17) is 9.84 Å². The molecule has 1 aliphatic carbocycles. The Morgan fingerprint density at radius 3 is 2.54 bits per heavy atom. The van der Waals surface area contributed by atoms with Crippen LogP contribution in [0.15, 0.2) is 30.3 Å². The van der Waals surface area contributed by atoms with Gasteiger partial charge in [0.2, 0.25) is 5.91 Å². The van der Waals surface area contributed by atoms with E-state index in [-0.39, 0.29) is 6.61 Å². The number of aliphatic carboxylic acids is 1. The first kappa shape index (κ1) is 21.3. The highest BCUT2D eigenvalue weighted by molar-refractivity contribution is 5.93. The summed E-state index contributed by atoms with van der Waals surface area (Å²) in [6.07, 6.45) is 0.300. The number of ketones is 1. The van der Waals surface area contributed by atoms with Crippen LogP contribution in [0.1, 0.15) is 31.2 Å². The zero-order chi connectivity index (χ0) is 20.5. The largest absolute Gasteiger partial charge is 0.481 e. The van der Waals surface area contributed by atoms with Gasteiger partial charge in [-0.05, 0) is 18.4 Å². The average Bonchev–Trinajstić information content (AvgIpc) is 3.13. The Balaban J connectivity index is 1.89. The van der Waals surface area contributed by atoms with Crippen LogP contribution in [0, 0.1) is 5.92 Å². The van der Waals surface area contributed by atoms with Crippen molar-refractivity contribution in [2.75, 3.05) is 6.67 Å². The van der Waals surface area contributed by atoms with E-state index in [0.717, 1.165) is 5.56 Å². The molecule has 2 rings (SSSR count). The van der Waals surface area contributed by atoms with Crippen LogP contribution in [-0.4, -0.2) is 47.6 Å². The lowest BCUT2D eigenvalue weighted by Gasteiger charge is -2.22. The maximum atomic E-state index is 12.6. The molecule has 0 aromatic heterocycles. The fraction of sp³-hybridized carbons (Fsp3) is 0.474. The van der Waals surface area contributed by atoms with Crippen molar-refractivity contribution in [1.29, 1.82) is 0 Å². The van der Waals surface area contributed by atoms with Gasteiger partial charge in [0.05, 0.1) is 12.3 Å². The standard InChI is InChI=1S/C19H23FN2O6/c20-10-16(23)15(9-17(24)25)21-18(26)13-7-4-8-14(13)22-19(27)28-11-12-5-2-1-3-6-12/h1-3,5-6,13-15H,4,7-11H2,(H,21,26)(H,22,27)(H,24,25)/t13-,14+,15?/m0/s1. The van der Waals surface area contributed by atoms with Gasteiger partial charge in [-0.25, -0.2) is 9.18 Å². The molecule has 2 amide bonds. The molecule has 3 atom stereocenters. The van der Waals surface area contributed by atoms with Crippen molar-refractivity contribution in [3.8, 4) is 0 Å². The second-order valence-electron chi connectivity index (χ2n) is 6.61. The first-order valence-corrected chi connectivity index (χ1v) is 8.98. The number of halogens is 1. The predicted molar refractivity (Wildman–Crippen MR) is 96.1 cm³/mol. The van der Waals surface area contributed by atoms with Crippen LogP contribution in [0.2, 0.25) is 0 Å². The Kier molecular flexibility index (Phi) is 7.91. The molecule has 1 aliphatic rings. The fourth-order valence-corrected chi connectivity index (χ4v) is 3.15. The van der Waals surface area contributed by atoms with Crippen LogP contribution < -0.4 is 10.6 Å². The number of carbonyl (C=O) groups is 4. The van der Waals surface area contributed by atoms with Gasteiger partial charge in [-0.15, -0.1) is 0 Å². The van der Waals surface area contributed by atoms with E-state index in [9.17, 15) is 23.6 Å². The number of ether oxygens (including phenoxy) is 1. The number of amides is 2.